The summed E-state index contributed by atoms with van der Waals surface area (Å²) in [5.41, 5.74) is 1.65. The molecule has 150 valence electrons. The number of aliphatic hydroxyl groups excluding tert-OH is 1. The molecule has 0 heterocycles. The average Bonchev–Trinajstić information content (AvgIpc) is 2.70. The van der Waals surface area contributed by atoms with Crippen molar-refractivity contribution >= 4 is 23.4 Å². The van der Waals surface area contributed by atoms with Gasteiger partial charge in [-0.05, 0) is 36.1 Å². The van der Waals surface area contributed by atoms with Crippen molar-refractivity contribution in [1.82, 2.24) is 10.2 Å². The first-order chi connectivity index (χ1) is 13.6. The molecule has 2 aromatic rings. The van der Waals surface area contributed by atoms with Crippen LogP contribution in [0.25, 0.3) is 0 Å². The summed E-state index contributed by atoms with van der Waals surface area (Å²) in [6.45, 7) is 2.61. The van der Waals surface area contributed by atoms with Crippen LogP contribution in [-0.4, -0.2) is 35.0 Å². The van der Waals surface area contributed by atoms with Gasteiger partial charge in [0, 0.05) is 31.1 Å². The van der Waals surface area contributed by atoms with E-state index in [1.165, 1.54) is 0 Å². The fourth-order valence-electron chi connectivity index (χ4n) is 2.96. The van der Waals surface area contributed by atoms with E-state index in [1.54, 1.807) is 17.0 Å². The van der Waals surface area contributed by atoms with Crippen molar-refractivity contribution in [2.24, 2.45) is 0 Å². The molecule has 28 heavy (non-hydrogen) atoms. The summed E-state index contributed by atoms with van der Waals surface area (Å²) >= 11 is 5.98. The molecular formula is C22H27ClN2O3. The van der Waals surface area contributed by atoms with Crippen molar-refractivity contribution in [2.75, 3.05) is 13.2 Å². The van der Waals surface area contributed by atoms with E-state index in [2.05, 4.69) is 5.32 Å². The number of aliphatic hydroxyl groups is 1. The topological polar surface area (TPSA) is 69.6 Å². The minimum atomic E-state index is -0.741. The van der Waals surface area contributed by atoms with E-state index in [0.717, 1.165) is 11.1 Å². The number of hydrogen-bond donors (Lipinski definition) is 2. The molecule has 0 aliphatic carbocycles. The van der Waals surface area contributed by atoms with Crippen LogP contribution in [0.15, 0.2) is 54.6 Å². The third-order valence-corrected chi connectivity index (χ3v) is 4.61. The number of halogens is 1. The van der Waals surface area contributed by atoms with E-state index in [4.69, 9.17) is 16.7 Å². The third-order valence-electron chi connectivity index (χ3n) is 4.36. The number of carbonyl (C=O) groups is 2. The standard InChI is InChI=1S/C22H27ClN2O3/c1-2-7-20(27)25(16-17-10-12-19(23)13-11-17)21(18-8-4-3-5-9-18)22(28)24-14-6-15-26/h3-5,8-13,21,26H,2,6-7,14-16H2,1H3,(H,24,28)/t21-/m0/s1. The van der Waals surface area contributed by atoms with Gasteiger partial charge in [0.15, 0.2) is 0 Å². The second kappa shape index (κ2) is 11.5. The Hall–Kier alpha value is -2.37. The van der Waals surface area contributed by atoms with Gasteiger partial charge in [0.25, 0.3) is 0 Å². The lowest BCUT2D eigenvalue weighted by Gasteiger charge is -2.31. The third kappa shape index (κ3) is 6.36. The largest absolute Gasteiger partial charge is 0.396 e. The highest BCUT2D eigenvalue weighted by Crippen LogP contribution is 2.25. The lowest BCUT2D eigenvalue weighted by Crippen LogP contribution is -2.43. The van der Waals surface area contributed by atoms with Gasteiger partial charge in [-0.15, -0.1) is 0 Å². The summed E-state index contributed by atoms with van der Waals surface area (Å²) in [6.07, 6.45) is 1.53. The Morgan fingerprint density at radius 1 is 1.11 bits per heavy atom. The molecule has 2 aromatic carbocycles. The van der Waals surface area contributed by atoms with E-state index >= 15 is 0 Å². The minimum Gasteiger partial charge on any atom is -0.396 e. The van der Waals surface area contributed by atoms with Gasteiger partial charge in [-0.1, -0.05) is 61.0 Å². The Labute approximate surface area is 171 Å². The number of amides is 2. The Bertz CT molecular complexity index is 750. The van der Waals surface area contributed by atoms with Gasteiger partial charge < -0.3 is 15.3 Å². The molecule has 0 aliphatic heterocycles. The maximum atomic E-state index is 13.0. The predicted octanol–water partition coefficient (Wildman–Crippen LogP) is 3.71. The number of benzene rings is 2. The highest BCUT2D eigenvalue weighted by molar-refractivity contribution is 6.30. The Kier molecular flexibility index (Phi) is 8.98. The SMILES string of the molecule is CCCC(=O)N(Cc1ccc(Cl)cc1)[C@H](C(=O)NCCCO)c1ccccc1. The van der Waals surface area contributed by atoms with Gasteiger partial charge in [-0.25, -0.2) is 0 Å². The lowest BCUT2D eigenvalue weighted by atomic mass is 10.0. The van der Waals surface area contributed by atoms with Crippen LogP contribution in [0.4, 0.5) is 0 Å². The number of carbonyl (C=O) groups excluding carboxylic acids is 2. The smallest absolute Gasteiger partial charge is 0.247 e. The van der Waals surface area contributed by atoms with Crippen molar-refractivity contribution in [3.63, 3.8) is 0 Å². The molecule has 0 bridgehead atoms. The quantitative estimate of drug-likeness (QED) is 0.595. The Morgan fingerprint density at radius 3 is 2.39 bits per heavy atom. The zero-order chi connectivity index (χ0) is 20.4. The number of nitrogens with one attached hydrogen (secondary N) is 1. The zero-order valence-corrected chi connectivity index (χ0v) is 16.9. The number of hydrogen-bond acceptors (Lipinski definition) is 3. The van der Waals surface area contributed by atoms with Crippen LogP contribution in [0.2, 0.25) is 5.02 Å². The summed E-state index contributed by atoms with van der Waals surface area (Å²) in [5, 5.41) is 12.5. The zero-order valence-electron chi connectivity index (χ0n) is 16.1. The summed E-state index contributed by atoms with van der Waals surface area (Å²) in [7, 11) is 0. The molecule has 0 spiro atoms. The molecule has 1 atom stereocenters. The molecule has 5 nitrogen and oxygen atoms in total. The maximum absolute atomic E-state index is 13.0. The van der Waals surface area contributed by atoms with Crippen molar-refractivity contribution in [3.8, 4) is 0 Å². The summed E-state index contributed by atoms with van der Waals surface area (Å²) in [5.74, 6) is -0.332. The van der Waals surface area contributed by atoms with Gasteiger partial charge in [-0.3, -0.25) is 9.59 Å². The van der Waals surface area contributed by atoms with Crippen LogP contribution in [0, 0.1) is 0 Å². The summed E-state index contributed by atoms with van der Waals surface area (Å²) in [4.78, 5) is 27.6. The predicted molar refractivity (Wildman–Crippen MR) is 111 cm³/mol. The summed E-state index contributed by atoms with van der Waals surface area (Å²) in [6, 6.07) is 15.8. The second-order valence-corrected chi connectivity index (χ2v) is 7.02. The fraction of sp³-hybridized carbons (Fsp3) is 0.364. The first-order valence-electron chi connectivity index (χ1n) is 9.54. The average molecular weight is 403 g/mol. The Morgan fingerprint density at radius 2 is 1.79 bits per heavy atom. The molecule has 0 aromatic heterocycles. The maximum Gasteiger partial charge on any atom is 0.247 e. The minimum absolute atomic E-state index is 0.000458. The fourth-order valence-corrected chi connectivity index (χ4v) is 3.09. The van der Waals surface area contributed by atoms with Crippen LogP contribution in [-0.2, 0) is 16.1 Å². The van der Waals surface area contributed by atoms with E-state index in [0.29, 0.717) is 37.4 Å². The number of rotatable bonds is 10. The van der Waals surface area contributed by atoms with E-state index < -0.39 is 6.04 Å². The first kappa shape index (κ1) is 21.9. The molecule has 2 N–H and O–H groups in total. The number of nitrogens with zero attached hydrogens (tertiary/aromatic N) is 1. The normalized spacial score (nSPS) is 11.7. The van der Waals surface area contributed by atoms with Gasteiger partial charge >= 0.3 is 0 Å². The molecule has 0 saturated carbocycles. The monoisotopic (exact) mass is 402 g/mol. The summed E-state index contributed by atoms with van der Waals surface area (Å²) < 4.78 is 0. The van der Waals surface area contributed by atoms with Crippen LogP contribution in [0.1, 0.15) is 43.4 Å². The molecular weight excluding hydrogens is 376 g/mol. The highest BCUT2D eigenvalue weighted by atomic mass is 35.5. The molecule has 2 amide bonds. The molecule has 0 aliphatic rings. The van der Waals surface area contributed by atoms with Crippen LogP contribution >= 0.6 is 11.6 Å². The second-order valence-electron chi connectivity index (χ2n) is 6.58. The van der Waals surface area contributed by atoms with Crippen molar-refractivity contribution < 1.29 is 14.7 Å². The first-order valence-corrected chi connectivity index (χ1v) is 9.92. The Balaban J connectivity index is 2.36. The van der Waals surface area contributed by atoms with Crippen LogP contribution in [0.5, 0.6) is 0 Å². The molecule has 2 rings (SSSR count). The van der Waals surface area contributed by atoms with Gasteiger partial charge in [0.1, 0.15) is 6.04 Å². The van der Waals surface area contributed by atoms with Crippen molar-refractivity contribution in [2.45, 2.75) is 38.8 Å². The van der Waals surface area contributed by atoms with Crippen molar-refractivity contribution in [1.29, 1.82) is 0 Å². The molecule has 0 saturated heterocycles. The highest BCUT2D eigenvalue weighted by Gasteiger charge is 2.30. The molecule has 0 fully saturated rings. The molecule has 0 unspecified atom stereocenters. The van der Waals surface area contributed by atoms with Crippen molar-refractivity contribution in [3.05, 3.63) is 70.7 Å². The van der Waals surface area contributed by atoms with Gasteiger partial charge in [-0.2, -0.15) is 0 Å². The van der Waals surface area contributed by atoms with Crippen LogP contribution in [0.3, 0.4) is 0 Å². The van der Waals surface area contributed by atoms with E-state index in [-0.39, 0.29) is 18.4 Å². The lowest BCUT2D eigenvalue weighted by molar-refractivity contribution is -0.141. The molecule has 6 heteroatoms. The van der Waals surface area contributed by atoms with Gasteiger partial charge in [0.2, 0.25) is 11.8 Å². The van der Waals surface area contributed by atoms with E-state index in [9.17, 15) is 9.59 Å². The van der Waals surface area contributed by atoms with Gasteiger partial charge in [0.05, 0.1) is 0 Å². The molecule has 0 radical (unpaired) electrons. The van der Waals surface area contributed by atoms with Crippen LogP contribution < -0.4 is 5.32 Å². The van der Waals surface area contributed by atoms with E-state index in [1.807, 2.05) is 49.4 Å².